The zero-order valence-corrected chi connectivity index (χ0v) is 20.4. The summed E-state index contributed by atoms with van der Waals surface area (Å²) in [6, 6.07) is 30.6. The SMILES string of the molecule is CC(=O)Nc1ccc(NC(=O)c2ccccc2N(Cc2ccccc2)S(=O)(=O)c2ccccc2)cc1. The monoisotopic (exact) mass is 499 g/mol. The van der Waals surface area contributed by atoms with Crippen molar-refractivity contribution in [1.29, 1.82) is 0 Å². The maximum Gasteiger partial charge on any atom is 0.264 e. The largest absolute Gasteiger partial charge is 0.326 e. The van der Waals surface area contributed by atoms with Crippen LogP contribution in [-0.4, -0.2) is 20.2 Å². The lowest BCUT2D eigenvalue weighted by molar-refractivity contribution is -0.114. The number of nitrogens with one attached hydrogen (secondary N) is 2. The Morgan fingerprint density at radius 3 is 1.83 bits per heavy atom. The second-order valence-corrected chi connectivity index (χ2v) is 9.90. The van der Waals surface area contributed by atoms with Gasteiger partial charge in [0.2, 0.25) is 5.91 Å². The van der Waals surface area contributed by atoms with E-state index in [-0.39, 0.29) is 28.6 Å². The van der Waals surface area contributed by atoms with E-state index in [1.807, 2.05) is 30.3 Å². The maximum absolute atomic E-state index is 13.8. The van der Waals surface area contributed by atoms with Crippen LogP contribution in [0.2, 0.25) is 0 Å². The lowest BCUT2D eigenvalue weighted by atomic mass is 10.1. The van der Waals surface area contributed by atoms with Gasteiger partial charge in [-0.2, -0.15) is 0 Å². The molecule has 8 heteroatoms. The Morgan fingerprint density at radius 1 is 0.694 bits per heavy atom. The lowest BCUT2D eigenvalue weighted by Gasteiger charge is -2.26. The number of hydrogen-bond donors (Lipinski definition) is 2. The Labute approximate surface area is 210 Å². The Bertz CT molecular complexity index is 1460. The molecule has 2 amide bonds. The molecule has 0 fully saturated rings. The molecule has 0 aliphatic heterocycles. The summed E-state index contributed by atoms with van der Waals surface area (Å²) in [5.41, 5.74) is 2.35. The van der Waals surface area contributed by atoms with E-state index in [1.165, 1.54) is 23.4 Å². The van der Waals surface area contributed by atoms with Crippen molar-refractivity contribution < 1.29 is 18.0 Å². The van der Waals surface area contributed by atoms with Crippen molar-refractivity contribution in [3.05, 3.63) is 120 Å². The minimum absolute atomic E-state index is 0.0494. The summed E-state index contributed by atoms with van der Waals surface area (Å²) in [5.74, 6) is -0.655. The summed E-state index contributed by atoms with van der Waals surface area (Å²) < 4.78 is 28.8. The first kappa shape index (κ1) is 24.7. The quantitative estimate of drug-likeness (QED) is 0.344. The third-order valence-electron chi connectivity index (χ3n) is 5.38. The van der Waals surface area contributed by atoms with Gasteiger partial charge in [0, 0.05) is 18.3 Å². The fourth-order valence-electron chi connectivity index (χ4n) is 3.69. The van der Waals surface area contributed by atoms with Crippen molar-refractivity contribution in [2.45, 2.75) is 18.4 Å². The molecule has 7 nitrogen and oxygen atoms in total. The van der Waals surface area contributed by atoms with Crippen molar-refractivity contribution in [2.24, 2.45) is 0 Å². The molecule has 0 heterocycles. The van der Waals surface area contributed by atoms with Gasteiger partial charge in [-0.15, -0.1) is 0 Å². The predicted octanol–water partition coefficient (Wildman–Crippen LogP) is 5.29. The highest BCUT2D eigenvalue weighted by atomic mass is 32.2. The molecule has 0 aliphatic carbocycles. The van der Waals surface area contributed by atoms with Gasteiger partial charge in [0.15, 0.2) is 0 Å². The number of para-hydroxylation sites is 1. The van der Waals surface area contributed by atoms with Crippen molar-refractivity contribution in [2.75, 3.05) is 14.9 Å². The van der Waals surface area contributed by atoms with E-state index in [4.69, 9.17) is 0 Å². The number of anilines is 3. The summed E-state index contributed by atoms with van der Waals surface area (Å²) in [4.78, 5) is 24.7. The summed E-state index contributed by atoms with van der Waals surface area (Å²) in [5, 5.41) is 5.49. The highest BCUT2D eigenvalue weighted by Crippen LogP contribution is 2.30. The molecular weight excluding hydrogens is 474 g/mol. The average Bonchev–Trinajstić information content (AvgIpc) is 2.89. The standard InChI is InChI=1S/C28H25N3O4S/c1-21(32)29-23-16-18-24(19-17-23)30-28(33)26-14-8-9-15-27(26)31(20-22-10-4-2-5-11-22)36(34,35)25-12-6-3-7-13-25/h2-19H,20H2,1H3,(H,29,32)(H,30,33). The van der Waals surface area contributed by atoms with Crippen LogP contribution in [0.15, 0.2) is 114 Å². The summed E-state index contributed by atoms with van der Waals surface area (Å²) in [6.07, 6.45) is 0. The second-order valence-electron chi connectivity index (χ2n) is 8.04. The van der Waals surface area contributed by atoms with E-state index in [0.29, 0.717) is 11.4 Å². The highest BCUT2D eigenvalue weighted by Gasteiger charge is 2.28. The van der Waals surface area contributed by atoms with Gasteiger partial charge in [0.1, 0.15) is 0 Å². The smallest absolute Gasteiger partial charge is 0.264 e. The second kappa shape index (κ2) is 10.9. The maximum atomic E-state index is 13.8. The van der Waals surface area contributed by atoms with Crippen LogP contribution in [0.1, 0.15) is 22.8 Å². The molecule has 0 aliphatic rings. The molecule has 0 bridgehead atoms. The summed E-state index contributed by atoms with van der Waals surface area (Å²) >= 11 is 0. The zero-order chi connectivity index (χ0) is 25.5. The first-order valence-electron chi connectivity index (χ1n) is 11.2. The van der Waals surface area contributed by atoms with Crippen LogP contribution in [0.5, 0.6) is 0 Å². The molecule has 4 aromatic carbocycles. The molecule has 0 saturated heterocycles. The van der Waals surface area contributed by atoms with Gasteiger partial charge in [0.25, 0.3) is 15.9 Å². The number of amides is 2. The minimum Gasteiger partial charge on any atom is -0.326 e. The van der Waals surface area contributed by atoms with Crippen LogP contribution in [0.4, 0.5) is 17.1 Å². The van der Waals surface area contributed by atoms with Crippen LogP contribution in [0, 0.1) is 0 Å². The lowest BCUT2D eigenvalue weighted by Crippen LogP contribution is -2.32. The number of nitrogens with zero attached hydrogens (tertiary/aromatic N) is 1. The molecular formula is C28H25N3O4S. The molecule has 36 heavy (non-hydrogen) atoms. The molecule has 0 radical (unpaired) electrons. The molecule has 2 N–H and O–H groups in total. The van der Waals surface area contributed by atoms with Gasteiger partial charge < -0.3 is 10.6 Å². The topological polar surface area (TPSA) is 95.6 Å². The number of hydrogen-bond acceptors (Lipinski definition) is 4. The molecule has 4 rings (SSSR count). The number of rotatable bonds is 8. The van der Waals surface area contributed by atoms with Gasteiger partial charge in [-0.25, -0.2) is 8.42 Å². The number of sulfonamides is 1. The van der Waals surface area contributed by atoms with Crippen LogP contribution in [-0.2, 0) is 21.4 Å². The first-order chi connectivity index (χ1) is 17.3. The van der Waals surface area contributed by atoms with Gasteiger partial charge >= 0.3 is 0 Å². The van der Waals surface area contributed by atoms with E-state index in [1.54, 1.807) is 66.7 Å². The van der Waals surface area contributed by atoms with E-state index in [2.05, 4.69) is 10.6 Å². The van der Waals surface area contributed by atoms with Crippen LogP contribution >= 0.6 is 0 Å². The molecule has 0 spiro atoms. The Balaban J connectivity index is 1.71. The van der Waals surface area contributed by atoms with E-state index >= 15 is 0 Å². The number of carbonyl (C=O) groups is 2. The van der Waals surface area contributed by atoms with Crippen molar-refractivity contribution in [3.63, 3.8) is 0 Å². The van der Waals surface area contributed by atoms with Gasteiger partial charge in [0.05, 0.1) is 22.7 Å². The Hall–Kier alpha value is -4.43. The zero-order valence-electron chi connectivity index (χ0n) is 19.6. The fourth-order valence-corrected chi connectivity index (χ4v) is 5.18. The molecule has 0 atom stereocenters. The molecule has 0 unspecified atom stereocenters. The Morgan fingerprint density at radius 2 is 1.22 bits per heavy atom. The first-order valence-corrected chi connectivity index (χ1v) is 12.7. The van der Waals surface area contributed by atoms with Gasteiger partial charge in [-0.3, -0.25) is 13.9 Å². The third kappa shape index (κ3) is 5.79. The average molecular weight is 500 g/mol. The normalized spacial score (nSPS) is 10.9. The van der Waals surface area contributed by atoms with Crippen molar-refractivity contribution >= 4 is 38.9 Å². The highest BCUT2D eigenvalue weighted by molar-refractivity contribution is 7.92. The van der Waals surface area contributed by atoms with E-state index in [9.17, 15) is 18.0 Å². The van der Waals surface area contributed by atoms with Gasteiger partial charge in [-0.05, 0) is 54.1 Å². The molecule has 0 saturated carbocycles. The molecule has 182 valence electrons. The van der Waals surface area contributed by atoms with Crippen LogP contribution in [0.3, 0.4) is 0 Å². The summed E-state index contributed by atoms with van der Waals surface area (Å²) in [6.45, 7) is 1.46. The fraction of sp³-hybridized carbons (Fsp3) is 0.0714. The van der Waals surface area contributed by atoms with Crippen LogP contribution < -0.4 is 14.9 Å². The molecule has 4 aromatic rings. The van der Waals surface area contributed by atoms with E-state index < -0.39 is 15.9 Å². The Kier molecular flexibility index (Phi) is 7.46. The van der Waals surface area contributed by atoms with Gasteiger partial charge in [-0.1, -0.05) is 60.7 Å². The minimum atomic E-state index is -3.99. The number of benzene rings is 4. The van der Waals surface area contributed by atoms with Crippen molar-refractivity contribution in [1.82, 2.24) is 0 Å². The predicted molar refractivity (Wildman–Crippen MR) is 141 cm³/mol. The van der Waals surface area contributed by atoms with Crippen molar-refractivity contribution in [3.8, 4) is 0 Å². The van der Waals surface area contributed by atoms with E-state index in [0.717, 1.165) is 5.56 Å². The summed E-state index contributed by atoms with van der Waals surface area (Å²) in [7, 11) is -3.99. The molecule has 0 aromatic heterocycles. The van der Waals surface area contributed by atoms with Crippen LogP contribution in [0.25, 0.3) is 0 Å². The third-order valence-corrected chi connectivity index (χ3v) is 7.15. The number of carbonyl (C=O) groups excluding carboxylic acids is 2.